The van der Waals surface area contributed by atoms with Gasteiger partial charge in [0.2, 0.25) is 0 Å². The number of hydrazine groups is 1. The summed E-state index contributed by atoms with van der Waals surface area (Å²) in [7, 11) is 1.66. The first-order valence-corrected chi connectivity index (χ1v) is 8.50. The fourth-order valence-corrected chi connectivity index (χ4v) is 2.71. The highest BCUT2D eigenvalue weighted by molar-refractivity contribution is 7.80. The lowest BCUT2D eigenvalue weighted by molar-refractivity contribution is 0.204. The van der Waals surface area contributed by atoms with Crippen LogP contribution in [0.1, 0.15) is 17.2 Å². The highest BCUT2D eigenvalue weighted by Gasteiger charge is 2.21. The lowest BCUT2D eigenvalue weighted by Crippen LogP contribution is -2.44. The van der Waals surface area contributed by atoms with Crippen LogP contribution in [0.4, 0.5) is 0 Å². The second-order valence-corrected chi connectivity index (χ2v) is 5.93. The van der Waals surface area contributed by atoms with E-state index in [0.29, 0.717) is 18.3 Å². The van der Waals surface area contributed by atoms with Crippen LogP contribution in [0.5, 0.6) is 5.75 Å². The van der Waals surface area contributed by atoms with Crippen LogP contribution in [-0.4, -0.2) is 25.4 Å². The zero-order valence-corrected chi connectivity index (χ0v) is 14.8. The Balaban J connectivity index is 1.74. The average Bonchev–Trinajstić information content (AvgIpc) is 2.67. The molecule has 6 heteroatoms. The van der Waals surface area contributed by atoms with Crippen LogP contribution in [0, 0.1) is 0 Å². The first kappa shape index (κ1) is 17.3. The molecular formula is C19H21N3O2S. The molecule has 1 atom stereocenters. The van der Waals surface area contributed by atoms with Gasteiger partial charge in [0.1, 0.15) is 11.9 Å². The molecule has 1 heterocycles. The van der Waals surface area contributed by atoms with Crippen LogP contribution in [-0.2, 0) is 4.74 Å². The summed E-state index contributed by atoms with van der Waals surface area (Å²) in [6, 6.07) is 18.0. The van der Waals surface area contributed by atoms with Gasteiger partial charge in [-0.05, 0) is 36.0 Å². The number of methoxy groups -OCH3 is 1. The van der Waals surface area contributed by atoms with Crippen molar-refractivity contribution in [2.45, 2.75) is 6.10 Å². The van der Waals surface area contributed by atoms with Crippen molar-refractivity contribution >= 4 is 23.0 Å². The van der Waals surface area contributed by atoms with Crippen LogP contribution < -0.4 is 20.9 Å². The third-order valence-electron chi connectivity index (χ3n) is 3.78. The molecule has 3 N–H and O–H groups in total. The normalized spacial score (nSPS) is 15.4. The second-order valence-electron chi connectivity index (χ2n) is 5.52. The van der Waals surface area contributed by atoms with Crippen LogP contribution in [0.3, 0.4) is 0 Å². The molecule has 0 saturated carbocycles. The average molecular weight is 355 g/mol. The van der Waals surface area contributed by atoms with Crippen molar-refractivity contribution in [3.8, 4) is 5.75 Å². The maximum Gasteiger partial charge on any atom is 0.185 e. The SMILES string of the molecule is COCCNC(=S)NNC1=C[C@@H](c2ccccc2)Oc2ccccc21. The van der Waals surface area contributed by atoms with E-state index in [2.05, 4.69) is 28.3 Å². The standard InChI is InChI=1S/C19H21N3O2S/c1-23-12-11-20-19(25)22-21-16-13-18(14-7-3-2-4-8-14)24-17-10-6-5-9-15(16)17/h2-10,13,18,21H,11-12H2,1H3,(H2,20,22,25)/t18-/m0/s1. The van der Waals surface area contributed by atoms with E-state index < -0.39 is 0 Å². The highest BCUT2D eigenvalue weighted by Crippen LogP contribution is 2.35. The van der Waals surface area contributed by atoms with E-state index in [4.69, 9.17) is 21.7 Å². The van der Waals surface area contributed by atoms with Gasteiger partial charge in [0.15, 0.2) is 5.11 Å². The Labute approximate surface area is 153 Å². The topological polar surface area (TPSA) is 54.5 Å². The Morgan fingerprint density at radius 2 is 1.88 bits per heavy atom. The number of para-hydroxylation sites is 1. The molecule has 3 rings (SSSR count). The van der Waals surface area contributed by atoms with Crippen molar-refractivity contribution in [2.75, 3.05) is 20.3 Å². The number of ether oxygens (including phenoxy) is 2. The fourth-order valence-electron chi connectivity index (χ4n) is 2.55. The summed E-state index contributed by atoms with van der Waals surface area (Å²) in [5.41, 5.74) is 9.21. The molecule has 25 heavy (non-hydrogen) atoms. The van der Waals surface area contributed by atoms with Crippen molar-refractivity contribution in [1.82, 2.24) is 16.2 Å². The molecule has 0 radical (unpaired) electrons. The minimum Gasteiger partial charge on any atom is -0.481 e. The Hall–Kier alpha value is -2.57. The number of hydrogen-bond acceptors (Lipinski definition) is 4. The van der Waals surface area contributed by atoms with Crippen LogP contribution in [0.25, 0.3) is 5.70 Å². The molecule has 5 nitrogen and oxygen atoms in total. The maximum atomic E-state index is 6.13. The third-order valence-corrected chi connectivity index (χ3v) is 4.03. The molecule has 0 saturated heterocycles. The summed E-state index contributed by atoms with van der Waals surface area (Å²) < 4.78 is 11.1. The van der Waals surface area contributed by atoms with E-state index in [1.165, 1.54) is 0 Å². The molecule has 0 aliphatic carbocycles. The van der Waals surface area contributed by atoms with Crippen molar-refractivity contribution in [2.24, 2.45) is 0 Å². The second kappa shape index (κ2) is 8.50. The van der Waals surface area contributed by atoms with Crippen molar-refractivity contribution in [3.63, 3.8) is 0 Å². The minimum absolute atomic E-state index is 0.157. The van der Waals surface area contributed by atoms with Gasteiger partial charge < -0.3 is 14.8 Å². The van der Waals surface area contributed by atoms with Gasteiger partial charge in [0.25, 0.3) is 0 Å². The van der Waals surface area contributed by atoms with Crippen molar-refractivity contribution in [3.05, 3.63) is 71.8 Å². The zero-order chi connectivity index (χ0) is 17.5. The van der Waals surface area contributed by atoms with E-state index in [-0.39, 0.29) is 6.10 Å². The summed E-state index contributed by atoms with van der Waals surface area (Å²) in [4.78, 5) is 0. The van der Waals surface area contributed by atoms with Crippen molar-refractivity contribution < 1.29 is 9.47 Å². The predicted octanol–water partition coefficient (Wildman–Crippen LogP) is 2.78. The molecule has 0 fully saturated rings. The molecule has 0 aromatic heterocycles. The van der Waals surface area contributed by atoms with Crippen LogP contribution >= 0.6 is 12.2 Å². The molecular weight excluding hydrogens is 334 g/mol. The number of rotatable bonds is 6. The van der Waals surface area contributed by atoms with Gasteiger partial charge in [0, 0.05) is 19.2 Å². The Morgan fingerprint density at radius 3 is 2.68 bits per heavy atom. The lowest BCUT2D eigenvalue weighted by atomic mass is 10.0. The van der Waals surface area contributed by atoms with Crippen LogP contribution in [0.2, 0.25) is 0 Å². The first-order valence-electron chi connectivity index (χ1n) is 8.09. The minimum atomic E-state index is -0.157. The number of hydrogen-bond donors (Lipinski definition) is 3. The van der Waals surface area contributed by atoms with Gasteiger partial charge in [-0.25, -0.2) is 0 Å². The summed E-state index contributed by atoms with van der Waals surface area (Å²) in [6.07, 6.45) is 1.89. The number of thiocarbonyl (C=S) groups is 1. The molecule has 0 spiro atoms. The molecule has 2 aromatic carbocycles. The van der Waals surface area contributed by atoms with E-state index in [1.54, 1.807) is 7.11 Å². The molecule has 0 amide bonds. The fraction of sp³-hybridized carbons (Fsp3) is 0.211. The summed E-state index contributed by atoms with van der Waals surface area (Å²) in [6.45, 7) is 1.24. The largest absolute Gasteiger partial charge is 0.481 e. The number of benzene rings is 2. The van der Waals surface area contributed by atoms with E-state index in [9.17, 15) is 0 Å². The summed E-state index contributed by atoms with van der Waals surface area (Å²) in [5, 5.41) is 3.58. The van der Waals surface area contributed by atoms with Gasteiger partial charge in [-0.1, -0.05) is 42.5 Å². The monoisotopic (exact) mass is 355 g/mol. The van der Waals surface area contributed by atoms with Gasteiger partial charge in [0.05, 0.1) is 12.3 Å². The Bertz CT molecular complexity index is 749. The number of nitrogens with one attached hydrogen (secondary N) is 3. The molecule has 130 valence electrons. The van der Waals surface area contributed by atoms with Gasteiger partial charge in [-0.2, -0.15) is 0 Å². The molecule has 1 aliphatic rings. The summed E-state index contributed by atoms with van der Waals surface area (Å²) >= 11 is 5.26. The highest BCUT2D eigenvalue weighted by atomic mass is 32.1. The quantitative estimate of drug-likeness (QED) is 0.421. The molecule has 1 aliphatic heterocycles. The number of fused-ring (bicyclic) bond motifs is 1. The van der Waals surface area contributed by atoms with Crippen molar-refractivity contribution in [1.29, 1.82) is 0 Å². The van der Waals surface area contributed by atoms with Crippen LogP contribution in [0.15, 0.2) is 60.7 Å². The van der Waals surface area contributed by atoms with Gasteiger partial charge in [-0.3, -0.25) is 10.9 Å². The predicted molar refractivity (Wildman–Crippen MR) is 103 cm³/mol. The Morgan fingerprint density at radius 1 is 1.12 bits per heavy atom. The van der Waals surface area contributed by atoms with Gasteiger partial charge in [-0.15, -0.1) is 0 Å². The maximum absolute atomic E-state index is 6.13. The van der Waals surface area contributed by atoms with Gasteiger partial charge >= 0.3 is 0 Å². The molecule has 0 unspecified atom stereocenters. The first-order chi connectivity index (χ1) is 12.3. The van der Waals surface area contributed by atoms with E-state index >= 15 is 0 Å². The van der Waals surface area contributed by atoms with E-state index in [1.807, 2.05) is 48.5 Å². The summed E-state index contributed by atoms with van der Waals surface area (Å²) in [5.74, 6) is 0.835. The Kier molecular flexibility index (Phi) is 5.87. The lowest BCUT2D eigenvalue weighted by Gasteiger charge is -2.26. The molecule has 0 bridgehead atoms. The van der Waals surface area contributed by atoms with E-state index in [0.717, 1.165) is 22.6 Å². The smallest absolute Gasteiger partial charge is 0.185 e. The zero-order valence-electron chi connectivity index (χ0n) is 14.0. The third kappa shape index (κ3) is 4.49. The molecule has 2 aromatic rings.